The van der Waals surface area contributed by atoms with Crippen LogP contribution in [-0.2, 0) is 4.74 Å². The van der Waals surface area contributed by atoms with Crippen LogP contribution in [-0.4, -0.2) is 108 Å². The van der Waals surface area contributed by atoms with Gasteiger partial charge in [-0.1, -0.05) is 13.3 Å². The Morgan fingerprint density at radius 2 is 1.47 bits per heavy atom. The smallest absolute Gasteiger partial charge is 0.0720 e. The van der Waals surface area contributed by atoms with Crippen molar-refractivity contribution in [3.05, 3.63) is 0 Å². The van der Waals surface area contributed by atoms with Crippen molar-refractivity contribution in [2.24, 2.45) is 0 Å². The zero-order chi connectivity index (χ0) is 24.0. The molecule has 2 rings (SSSR count). The number of piperazine rings is 1. The Hall–Kier alpha value is -0.200. The van der Waals surface area contributed by atoms with Crippen LogP contribution in [0.4, 0.5) is 0 Å². The standard InChI is InChI=1S/C27H56N4O/c1-10-14-29(25(2,3)4)15-12-11-13-26(5,6)31-20-21-32-24(23-31)22-27(7,8)30-18-16-28(9)17-19-30/h24H,10-23H2,1-9H3. The van der Waals surface area contributed by atoms with E-state index in [1.807, 2.05) is 0 Å². The molecule has 2 aliphatic rings. The lowest BCUT2D eigenvalue weighted by Crippen LogP contribution is -2.58. The van der Waals surface area contributed by atoms with Crippen molar-refractivity contribution in [1.82, 2.24) is 19.6 Å². The molecule has 0 spiro atoms. The first-order valence-corrected chi connectivity index (χ1v) is 13.4. The van der Waals surface area contributed by atoms with E-state index in [-0.39, 0.29) is 16.6 Å². The molecule has 0 aliphatic carbocycles. The fraction of sp³-hybridized carbons (Fsp3) is 1.00. The molecule has 0 aromatic carbocycles. The normalized spacial score (nSPS) is 23.2. The summed E-state index contributed by atoms with van der Waals surface area (Å²) in [7, 11) is 2.24. The van der Waals surface area contributed by atoms with Crippen LogP contribution in [0.2, 0.25) is 0 Å². The van der Waals surface area contributed by atoms with Gasteiger partial charge in [0.1, 0.15) is 0 Å². The molecule has 1 unspecified atom stereocenters. The Balaban J connectivity index is 1.81. The summed E-state index contributed by atoms with van der Waals surface area (Å²) in [6.45, 7) is 29.3. The third-order valence-corrected chi connectivity index (χ3v) is 7.99. The molecule has 190 valence electrons. The van der Waals surface area contributed by atoms with Gasteiger partial charge in [0.05, 0.1) is 12.7 Å². The van der Waals surface area contributed by atoms with Gasteiger partial charge in [-0.3, -0.25) is 14.7 Å². The van der Waals surface area contributed by atoms with Gasteiger partial charge in [0.25, 0.3) is 0 Å². The zero-order valence-electron chi connectivity index (χ0n) is 23.2. The molecular formula is C27H56N4O. The molecule has 0 amide bonds. The second-order valence-corrected chi connectivity index (χ2v) is 12.7. The van der Waals surface area contributed by atoms with Gasteiger partial charge in [0.2, 0.25) is 0 Å². The van der Waals surface area contributed by atoms with E-state index in [1.165, 1.54) is 65.0 Å². The summed E-state index contributed by atoms with van der Waals surface area (Å²) in [6, 6.07) is 0. The van der Waals surface area contributed by atoms with Gasteiger partial charge in [0, 0.05) is 55.9 Å². The van der Waals surface area contributed by atoms with Crippen LogP contribution in [0.5, 0.6) is 0 Å². The maximum absolute atomic E-state index is 6.29. The maximum atomic E-state index is 6.29. The molecule has 5 nitrogen and oxygen atoms in total. The summed E-state index contributed by atoms with van der Waals surface area (Å²) in [5.74, 6) is 0. The number of morpholine rings is 1. The molecule has 2 aliphatic heterocycles. The SMILES string of the molecule is CCCN(CCCCC(C)(C)N1CCOC(CC(C)(C)N2CCN(C)CC2)C1)C(C)(C)C. The van der Waals surface area contributed by atoms with Gasteiger partial charge in [-0.2, -0.15) is 0 Å². The maximum Gasteiger partial charge on any atom is 0.0720 e. The van der Waals surface area contributed by atoms with Gasteiger partial charge < -0.3 is 9.64 Å². The summed E-state index contributed by atoms with van der Waals surface area (Å²) in [5.41, 5.74) is 0.728. The van der Waals surface area contributed by atoms with Crippen molar-refractivity contribution in [1.29, 1.82) is 0 Å². The lowest BCUT2D eigenvalue weighted by atomic mass is 9.90. The average Bonchev–Trinajstić information content (AvgIpc) is 2.69. The van der Waals surface area contributed by atoms with Crippen molar-refractivity contribution < 1.29 is 4.74 Å². The number of rotatable bonds is 11. The van der Waals surface area contributed by atoms with Crippen molar-refractivity contribution in [3.8, 4) is 0 Å². The van der Waals surface area contributed by atoms with Gasteiger partial charge >= 0.3 is 0 Å². The van der Waals surface area contributed by atoms with Gasteiger partial charge in [0.15, 0.2) is 0 Å². The van der Waals surface area contributed by atoms with Crippen LogP contribution in [0.3, 0.4) is 0 Å². The highest BCUT2D eigenvalue weighted by atomic mass is 16.5. The predicted octanol–water partition coefficient (Wildman–Crippen LogP) is 4.56. The minimum absolute atomic E-state index is 0.203. The molecule has 0 radical (unpaired) electrons. The molecule has 0 aromatic rings. The Labute approximate surface area is 200 Å². The summed E-state index contributed by atoms with van der Waals surface area (Å²) in [5, 5.41) is 0. The van der Waals surface area contributed by atoms with Crippen LogP contribution >= 0.6 is 0 Å². The van der Waals surface area contributed by atoms with Crippen LogP contribution in [0.1, 0.15) is 87.5 Å². The zero-order valence-corrected chi connectivity index (χ0v) is 23.2. The van der Waals surface area contributed by atoms with Gasteiger partial charge in [-0.15, -0.1) is 0 Å². The van der Waals surface area contributed by atoms with Crippen molar-refractivity contribution in [3.63, 3.8) is 0 Å². The number of hydrogen-bond donors (Lipinski definition) is 0. The minimum atomic E-state index is 0.203. The third-order valence-electron chi connectivity index (χ3n) is 7.99. The van der Waals surface area contributed by atoms with Crippen molar-refractivity contribution >= 4 is 0 Å². The summed E-state index contributed by atoms with van der Waals surface area (Å²) < 4.78 is 6.29. The molecular weight excluding hydrogens is 396 g/mol. The van der Waals surface area contributed by atoms with Crippen molar-refractivity contribution in [2.75, 3.05) is 66.0 Å². The number of likely N-dealkylation sites (N-methyl/N-ethyl adjacent to an activating group) is 1. The highest BCUT2D eigenvalue weighted by Gasteiger charge is 2.37. The van der Waals surface area contributed by atoms with E-state index >= 15 is 0 Å². The van der Waals surface area contributed by atoms with Gasteiger partial charge in [-0.25, -0.2) is 0 Å². The minimum Gasteiger partial charge on any atom is -0.375 e. The molecule has 2 fully saturated rings. The molecule has 0 aromatic heterocycles. The molecule has 2 saturated heterocycles. The lowest BCUT2D eigenvalue weighted by molar-refractivity contribution is -0.0860. The average molecular weight is 453 g/mol. The monoisotopic (exact) mass is 452 g/mol. The van der Waals surface area contributed by atoms with Crippen LogP contribution < -0.4 is 0 Å². The second-order valence-electron chi connectivity index (χ2n) is 12.7. The quantitative estimate of drug-likeness (QED) is 0.427. The summed E-state index contributed by atoms with van der Waals surface area (Å²) in [6.07, 6.45) is 6.58. The first-order chi connectivity index (χ1) is 14.8. The van der Waals surface area contributed by atoms with E-state index in [2.05, 4.69) is 82.0 Å². The number of hydrogen-bond acceptors (Lipinski definition) is 5. The Kier molecular flexibility index (Phi) is 10.5. The fourth-order valence-electron chi connectivity index (χ4n) is 5.56. The molecule has 0 saturated carbocycles. The predicted molar refractivity (Wildman–Crippen MR) is 139 cm³/mol. The van der Waals surface area contributed by atoms with E-state index in [0.29, 0.717) is 6.10 Å². The molecule has 0 N–H and O–H groups in total. The Morgan fingerprint density at radius 3 is 2.06 bits per heavy atom. The number of unbranched alkanes of at least 4 members (excludes halogenated alkanes) is 1. The van der Waals surface area contributed by atoms with E-state index in [1.54, 1.807) is 0 Å². The van der Waals surface area contributed by atoms with E-state index < -0.39 is 0 Å². The molecule has 5 heteroatoms. The van der Waals surface area contributed by atoms with Crippen LogP contribution in [0, 0.1) is 0 Å². The molecule has 32 heavy (non-hydrogen) atoms. The third kappa shape index (κ3) is 8.54. The van der Waals surface area contributed by atoms with Crippen LogP contribution in [0.15, 0.2) is 0 Å². The van der Waals surface area contributed by atoms with Gasteiger partial charge in [-0.05, 0) is 94.3 Å². The Morgan fingerprint density at radius 1 is 0.812 bits per heavy atom. The summed E-state index contributed by atoms with van der Waals surface area (Å²) in [4.78, 5) is 10.5. The number of nitrogens with zero attached hydrogens (tertiary/aromatic N) is 4. The highest BCUT2D eigenvalue weighted by molar-refractivity contribution is 4.92. The highest BCUT2D eigenvalue weighted by Crippen LogP contribution is 2.29. The first-order valence-electron chi connectivity index (χ1n) is 13.4. The molecule has 1 atom stereocenters. The topological polar surface area (TPSA) is 22.2 Å². The summed E-state index contributed by atoms with van der Waals surface area (Å²) >= 11 is 0. The van der Waals surface area contributed by atoms with Crippen LogP contribution in [0.25, 0.3) is 0 Å². The van der Waals surface area contributed by atoms with E-state index in [4.69, 9.17) is 4.74 Å². The second kappa shape index (κ2) is 12.0. The lowest BCUT2D eigenvalue weighted by Gasteiger charge is -2.48. The van der Waals surface area contributed by atoms with Crippen molar-refractivity contribution in [2.45, 2.75) is 110 Å². The van der Waals surface area contributed by atoms with E-state index in [0.717, 1.165) is 26.1 Å². The first kappa shape index (κ1) is 28.0. The molecule has 0 bridgehead atoms. The largest absolute Gasteiger partial charge is 0.375 e. The van der Waals surface area contributed by atoms with E-state index in [9.17, 15) is 0 Å². The Bertz CT molecular complexity index is 534. The molecule has 2 heterocycles. The fourth-order valence-corrected chi connectivity index (χ4v) is 5.56. The number of ether oxygens (including phenoxy) is 1.